The molecule has 2 rings (SSSR count). The summed E-state index contributed by atoms with van der Waals surface area (Å²) in [7, 11) is 7.35. The summed E-state index contributed by atoms with van der Waals surface area (Å²) in [6, 6.07) is 5.56. The van der Waals surface area contributed by atoms with Crippen molar-refractivity contribution in [3.63, 3.8) is 0 Å². The molecule has 0 saturated heterocycles. The summed E-state index contributed by atoms with van der Waals surface area (Å²) in [6.45, 7) is 2.47. The summed E-state index contributed by atoms with van der Waals surface area (Å²) < 4.78 is 1.82. The van der Waals surface area contributed by atoms with Crippen LogP contribution in [0.25, 0.3) is 10.9 Å². The number of likely N-dealkylation sites (N-methyl/N-ethyl adjacent to an activating group) is 2. The molecule has 0 aliphatic heterocycles. The number of nitrogens with zero attached hydrogens (tertiary/aromatic N) is 4. The summed E-state index contributed by atoms with van der Waals surface area (Å²) >= 11 is 6.30. The Hall–Kier alpha value is -1.59. The third-order valence-corrected chi connectivity index (χ3v) is 4.07. The average molecular weight is 309 g/mol. The van der Waals surface area contributed by atoms with Gasteiger partial charge in [0.1, 0.15) is 0 Å². The lowest BCUT2D eigenvalue weighted by Gasteiger charge is -2.25. The highest BCUT2D eigenvalue weighted by Crippen LogP contribution is 2.27. The molecule has 5 nitrogen and oxygen atoms in total. The van der Waals surface area contributed by atoms with Crippen LogP contribution in [0.4, 0.5) is 0 Å². The number of amides is 1. The molecule has 0 N–H and O–H groups in total. The molecule has 21 heavy (non-hydrogen) atoms. The van der Waals surface area contributed by atoms with Crippen molar-refractivity contribution in [3.8, 4) is 0 Å². The van der Waals surface area contributed by atoms with Gasteiger partial charge in [0.15, 0.2) is 0 Å². The van der Waals surface area contributed by atoms with Crippen LogP contribution in [0.15, 0.2) is 18.2 Å². The third-order valence-electron chi connectivity index (χ3n) is 3.76. The van der Waals surface area contributed by atoms with E-state index in [2.05, 4.69) is 5.10 Å². The quantitative estimate of drug-likeness (QED) is 0.869. The number of benzene rings is 1. The van der Waals surface area contributed by atoms with Crippen molar-refractivity contribution in [3.05, 3.63) is 28.9 Å². The van der Waals surface area contributed by atoms with Crippen molar-refractivity contribution in [2.45, 2.75) is 19.5 Å². The first-order chi connectivity index (χ1) is 9.82. The lowest BCUT2D eigenvalue weighted by molar-refractivity contribution is -0.133. The van der Waals surface area contributed by atoms with Gasteiger partial charge in [-0.3, -0.25) is 14.4 Å². The average Bonchev–Trinajstić information content (AvgIpc) is 2.75. The van der Waals surface area contributed by atoms with Gasteiger partial charge in [0.25, 0.3) is 0 Å². The highest BCUT2D eigenvalue weighted by molar-refractivity contribution is 6.35. The minimum absolute atomic E-state index is 0.0730. The number of carbonyl (C=O) groups excluding carboxylic acids is 1. The van der Waals surface area contributed by atoms with E-state index in [1.807, 2.05) is 48.8 Å². The van der Waals surface area contributed by atoms with Crippen LogP contribution in [0.1, 0.15) is 12.6 Å². The molecule has 0 saturated carbocycles. The molecule has 1 aromatic heterocycles. The van der Waals surface area contributed by atoms with Gasteiger partial charge in [-0.25, -0.2) is 0 Å². The maximum atomic E-state index is 12.0. The number of aryl methyl sites for hydroxylation is 1. The lowest BCUT2D eigenvalue weighted by atomic mass is 10.2. The molecule has 0 unspecified atom stereocenters. The van der Waals surface area contributed by atoms with Crippen molar-refractivity contribution in [2.75, 3.05) is 21.1 Å². The zero-order valence-corrected chi connectivity index (χ0v) is 13.8. The zero-order valence-electron chi connectivity index (χ0n) is 13.1. The van der Waals surface area contributed by atoms with Crippen LogP contribution in [0.5, 0.6) is 0 Å². The molecule has 0 aliphatic carbocycles. The second kappa shape index (κ2) is 6.03. The van der Waals surface area contributed by atoms with Gasteiger partial charge >= 0.3 is 0 Å². The number of aromatic nitrogens is 2. The Labute approximate surface area is 130 Å². The molecule has 0 fully saturated rings. The molecule has 1 aromatic carbocycles. The van der Waals surface area contributed by atoms with E-state index in [0.29, 0.717) is 11.6 Å². The van der Waals surface area contributed by atoms with Gasteiger partial charge in [0.05, 0.1) is 22.3 Å². The molecule has 114 valence electrons. The fourth-order valence-corrected chi connectivity index (χ4v) is 2.68. The number of hydrogen-bond acceptors (Lipinski definition) is 3. The minimum Gasteiger partial charge on any atom is -0.347 e. The highest BCUT2D eigenvalue weighted by atomic mass is 35.5. The number of carbonyl (C=O) groups is 1. The zero-order chi connectivity index (χ0) is 15.7. The second-order valence-electron chi connectivity index (χ2n) is 5.53. The minimum atomic E-state index is -0.209. The fraction of sp³-hybridized carbons (Fsp3) is 0.467. The van der Waals surface area contributed by atoms with Crippen LogP contribution >= 0.6 is 11.6 Å². The Bertz CT molecular complexity index is 665. The van der Waals surface area contributed by atoms with Crippen LogP contribution < -0.4 is 0 Å². The van der Waals surface area contributed by atoms with Crippen molar-refractivity contribution >= 4 is 28.4 Å². The van der Waals surface area contributed by atoms with E-state index in [-0.39, 0.29) is 11.9 Å². The molecular formula is C15H21ClN4O. The first-order valence-electron chi connectivity index (χ1n) is 6.84. The highest BCUT2D eigenvalue weighted by Gasteiger charge is 2.22. The van der Waals surface area contributed by atoms with Gasteiger partial charge in [-0.2, -0.15) is 5.10 Å². The summed E-state index contributed by atoms with van der Waals surface area (Å²) in [4.78, 5) is 15.6. The van der Waals surface area contributed by atoms with Gasteiger partial charge < -0.3 is 4.90 Å². The van der Waals surface area contributed by atoms with E-state index < -0.39 is 0 Å². The summed E-state index contributed by atoms with van der Waals surface area (Å²) in [5.41, 5.74) is 1.89. The van der Waals surface area contributed by atoms with Crippen LogP contribution in [0, 0.1) is 0 Å². The van der Waals surface area contributed by atoms with Crippen LogP contribution in [-0.2, 0) is 18.4 Å². The van der Waals surface area contributed by atoms with Crippen molar-refractivity contribution in [1.29, 1.82) is 0 Å². The molecule has 2 aromatic rings. The smallest absolute Gasteiger partial charge is 0.239 e. The fourth-order valence-electron chi connectivity index (χ4n) is 2.40. The van der Waals surface area contributed by atoms with Gasteiger partial charge in [0.2, 0.25) is 5.91 Å². The molecule has 1 heterocycles. The molecule has 1 atom stereocenters. The first kappa shape index (κ1) is 15.8. The normalized spacial score (nSPS) is 12.9. The Morgan fingerprint density at radius 2 is 2.05 bits per heavy atom. The van der Waals surface area contributed by atoms with E-state index in [1.165, 1.54) is 0 Å². The molecule has 6 heteroatoms. The lowest BCUT2D eigenvalue weighted by Crippen LogP contribution is -2.42. The molecule has 0 spiro atoms. The topological polar surface area (TPSA) is 41.4 Å². The van der Waals surface area contributed by atoms with E-state index in [0.717, 1.165) is 16.6 Å². The van der Waals surface area contributed by atoms with Gasteiger partial charge in [0, 0.05) is 33.1 Å². The summed E-state index contributed by atoms with van der Waals surface area (Å²) in [6.07, 6.45) is 0. The van der Waals surface area contributed by atoms with E-state index >= 15 is 0 Å². The van der Waals surface area contributed by atoms with Gasteiger partial charge in [-0.15, -0.1) is 0 Å². The van der Waals surface area contributed by atoms with Crippen molar-refractivity contribution < 1.29 is 4.79 Å². The summed E-state index contributed by atoms with van der Waals surface area (Å²) in [5, 5.41) is 6.19. The molecule has 1 amide bonds. The molecule has 0 radical (unpaired) electrons. The maximum Gasteiger partial charge on any atom is 0.239 e. The first-order valence-corrected chi connectivity index (χ1v) is 7.22. The van der Waals surface area contributed by atoms with Gasteiger partial charge in [-0.05, 0) is 26.1 Å². The molecule has 0 bridgehead atoms. The number of hydrogen-bond donors (Lipinski definition) is 0. The Kier molecular flexibility index (Phi) is 4.54. The largest absolute Gasteiger partial charge is 0.347 e. The monoisotopic (exact) mass is 308 g/mol. The van der Waals surface area contributed by atoms with Crippen LogP contribution in [0.2, 0.25) is 5.02 Å². The Balaban J connectivity index is 2.30. The van der Waals surface area contributed by atoms with Gasteiger partial charge in [-0.1, -0.05) is 17.7 Å². The number of halogens is 1. The van der Waals surface area contributed by atoms with Crippen molar-refractivity contribution in [1.82, 2.24) is 19.6 Å². The predicted molar refractivity (Wildman–Crippen MR) is 85.3 cm³/mol. The molecule has 0 aliphatic rings. The predicted octanol–water partition coefficient (Wildman–Crippen LogP) is 2.14. The van der Waals surface area contributed by atoms with E-state index in [9.17, 15) is 4.79 Å². The SMILES string of the molecule is C[C@@H](C(=O)N(C)C)N(C)Cc1nn(C)c2cccc(Cl)c12. The Morgan fingerprint density at radius 3 is 2.67 bits per heavy atom. The van der Waals surface area contributed by atoms with E-state index in [4.69, 9.17) is 11.6 Å². The van der Waals surface area contributed by atoms with Crippen LogP contribution in [-0.4, -0.2) is 52.7 Å². The standard InChI is InChI=1S/C15H21ClN4O/c1-10(15(21)18(2)3)19(4)9-12-14-11(16)7-6-8-13(14)20(5)17-12/h6-8,10H,9H2,1-5H3/t10-/m0/s1. The maximum absolute atomic E-state index is 12.0. The molecular weight excluding hydrogens is 288 g/mol. The van der Waals surface area contributed by atoms with Crippen molar-refractivity contribution in [2.24, 2.45) is 7.05 Å². The second-order valence-corrected chi connectivity index (χ2v) is 5.94. The van der Waals surface area contributed by atoms with E-state index in [1.54, 1.807) is 19.0 Å². The number of fused-ring (bicyclic) bond motifs is 1. The Morgan fingerprint density at radius 1 is 1.38 bits per heavy atom. The number of rotatable bonds is 4. The summed E-state index contributed by atoms with van der Waals surface area (Å²) in [5.74, 6) is 0.0730. The van der Waals surface area contributed by atoms with Crippen LogP contribution in [0.3, 0.4) is 0 Å². The third kappa shape index (κ3) is 3.04.